The molecule has 0 saturated carbocycles. The summed E-state index contributed by atoms with van der Waals surface area (Å²) < 4.78 is 26.7. The zero-order chi connectivity index (χ0) is 47.5. The van der Waals surface area contributed by atoms with Crippen LogP contribution in [-0.2, 0) is 42.9 Å². The van der Waals surface area contributed by atoms with Crippen molar-refractivity contribution in [1.29, 1.82) is 0 Å². The highest BCUT2D eigenvalue weighted by molar-refractivity contribution is 5.84. The Balaban J connectivity index is 0.000000245. The first kappa shape index (κ1) is 49.3. The van der Waals surface area contributed by atoms with Crippen molar-refractivity contribution in [2.45, 2.75) is 122 Å². The Hall–Kier alpha value is -6.70. The maximum atomic E-state index is 12.6. The van der Waals surface area contributed by atoms with E-state index in [-0.39, 0.29) is 56.8 Å². The molecule has 2 amide bonds. The lowest BCUT2D eigenvalue weighted by atomic mass is 9.98. The molecule has 0 spiro atoms. The smallest absolute Gasteiger partial charge is 0.407 e. The largest absolute Gasteiger partial charge is 0.480 e. The maximum absolute atomic E-state index is 12.6. The first-order chi connectivity index (χ1) is 30.7. The molecule has 4 aromatic rings. The number of carboxylic acid groups (broad SMARTS) is 1. The summed E-state index contributed by atoms with van der Waals surface area (Å²) in [4.78, 5) is 72.9. The number of carbonyl (C=O) groups excluding carboxylic acids is 5. The highest BCUT2D eigenvalue weighted by Crippen LogP contribution is 2.45. The van der Waals surface area contributed by atoms with E-state index in [0.717, 1.165) is 44.5 Å². The van der Waals surface area contributed by atoms with Crippen molar-refractivity contribution in [3.05, 3.63) is 119 Å². The van der Waals surface area contributed by atoms with Crippen molar-refractivity contribution in [2.75, 3.05) is 13.2 Å². The normalized spacial score (nSPS) is 13.6. The number of carbonyl (C=O) groups is 6. The van der Waals surface area contributed by atoms with Gasteiger partial charge in [-0.1, -0.05) is 97.1 Å². The Morgan fingerprint density at radius 1 is 0.538 bits per heavy atom. The number of hydrogen-bond donors (Lipinski definition) is 3. The van der Waals surface area contributed by atoms with Crippen molar-refractivity contribution in [3.8, 4) is 22.3 Å². The molecular weight excluding hydrogens is 833 g/mol. The molecule has 0 radical (unpaired) electrons. The number of nitrogens with one attached hydrogen (secondary N) is 2. The number of hydrogen-bond acceptors (Lipinski definition) is 11. The van der Waals surface area contributed by atoms with Gasteiger partial charge in [0.05, 0.1) is 6.10 Å². The van der Waals surface area contributed by atoms with Gasteiger partial charge in [0.15, 0.2) is 0 Å². The van der Waals surface area contributed by atoms with Crippen LogP contribution in [0.3, 0.4) is 0 Å². The summed E-state index contributed by atoms with van der Waals surface area (Å²) in [5.41, 5.74) is 7.50. The van der Waals surface area contributed by atoms with Gasteiger partial charge in [0.2, 0.25) is 0 Å². The van der Waals surface area contributed by atoms with Gasteiger partial charge in [-0.25, -0.2) is 19.2 Å². The van der Waals surface area contributed by atoms with Gasteiger partial charge in [-0.15, -0.1) is 0 Å². The van der Waals surface area contributed by atoms with Crippen LogP contribution in [0.25, 0.3) is 22.3 Å². The van der Waals surface area contributed by atoms with E-state index >= 15 is 0 Å². The van der Waals surface area contributed by atoms with Gasteiger partial charge in [-0.2, -0.15) is 0 Å². The van der Waals surface area contributed by atoms with E-state index in [0.29, 0.717) is 0 Å². The molecule has 2 aliphatic rings. The lowest BCUT2D eigenvalue weighted by Crippen LogP contribution is -2.43. The topological polar surface area (TPSA) is 193 Å². The fraction of sp³-hybridized carbons (Fsp3) is 0.412. The van der Waals surface area contributed by atoms with Gasteiger partial charge < -0.3 is 39.4 Å². The fourth-order valence-corrected chi connectivity index (χ4v) is 7.69. The summed E-state index contributed by atoms with van der Waals surface area (Å²) in [6.07, 6.45) is -2.15. The van der Waals surface area contributed by atoms with Gasteiger partial charge in [-0.3, -0.25) is 9.59 Å². The van der Waals surface area contributed by atoms with E-state index in [2.05, 4.69) is 22.8 Å². The lowest BCUT2D eigenvalue weighted by Gasteiger charge is -2.22. The van der Waals surface area contributed by atoms with E-state index < -0.39 is 59.3 Å². The molecule has 0 aliphatic heterocycles. The monoisotopic (exact) mass is 892 g/mol. The molecule has 0 fully saturated rings. The second kappa shape index (κ2) is 21.8. The maximum Gasteiger partial charge on any atom is 0.407 e. The summed E-state index contributed by atoms with van der Waals surface area (Å²) in [6, 6.07) is 29.7. The van der Waals surface area contributed by atoms with Crippen LogP contribution >= 0.6 is 0 Å². The molecule has 4 aromatic carbocycles. The van der Waals surface area contributed by atoms with Crippen molar-refractivity contribution < 1.29 is 57.6 Å². The molecule has 346 valence electrons. The number of benzene rings is 4. The summed E-state index contributed by atoms with van der Waals surface area (Å²) in [5.74, 6) is -3.05. The van der Waals surface area contributed by atoms with Crippen LogP contribution in [-0.4, -0.2) is 83.8 Å². The molecule has 0 saturated heterocycles. The van der Waals surface area contributed by atoms with E-state index in [1.165, 1.54) is 0 Å². The molecule has 2 aliphatic carbocycles. The summed E-state index contributed by atoms with van der Waals surface area (Å²) >= 11 is 0. The van der Waals surface area contributed by atoms with Crippen molar-refractivity contribution in [3.63, 3.8) is 0 Å². The van der Waals surface area contributed by atoms with Crippen molar-refractivity contribution in [1.82, 2.24) is 10.6 Å². The number of carboxylic acids is 1. The van der Waals surface area contributed by atoms with Gasteiger partial charge >= 0.3 is 36.1 Å². The van der Waals surface area contributed by atoms with Gasteiger partial charge in [0.25, 0.3) is 0 Å². The molecule has 0 bridgehead atoms. The van der Waals surface area contributed by atoms with E-state index in [1.54, 1.807) is 55.4 Å². The lowest BCUT2D eigenvalue weighted by molar-refractivity contribution is -0.157. The number of fused-ring (bicyclic) bond motifs is 6. The Labute approximate surface area is 380 Å². The predicted octanol–water partition coefficient (Wildman–Crippen LogP) is 9.07. The van der Waals surface area contributed by atoms with E-state index in [9.17, 15) is 33.9 Å². The van der Waals surface area contributed by atoms with Crippen LogP contribution in [0.15, 0.2) is 97.1 Å². The van der Waals surface area contributed by atoms with Crippen LogP contribution in [0.5, 0.6) is 0 Å². The molecule has 2 atom stereocenters. The molecule has 0 heterocycles. The fourth-order valence-electron chi connectivity index (χ4n) is 7.69. The predicted molar refractivity (Wildman–Crippen MR) is 243 cm³/mol. The summed E-state index contributed by atoms with van der Waals surface area (Å²) in [6.45, 7) is 14.1. The van der Waals surface area contributed by atoms with E-state index in [1.807, 2.05) is 84.9 Å². The van der Waals surface area contributed by atoms with Crippen molar-refractivity contribution in [2.24, 2.45) is 0 Å². The first-order valence-electron chi connectivity index (χ1n) is 21.8. The Morgan fingerprint density at radius 2 is 0.862 bits per heavy atom. The molecule has 3 N–H and O–H groups in total. The van der Waals surface area contributed by atoms with Crippen LogP contribution in [0, 0.1) is 0 Å². The molecule has 65 heavy (non-hydrogen) atoms. The zero-order valence-corrected chi connectivity index (χ0v) is 38.3. The third kappa shape index (κ3) is 14.1. The SMILES string of the molecule is CC(C)(C)OC(=O)CC[C@H](NC(=O)OCC1c2ccccc2-c2ccccc21)C(=O)O.CC(C)OC(=O)[C@H](CCC(=O)OC(C)(C)C)NC(=O)OCC1c2ccccc2-c2ccccc21. The van der Waals surface area contributed by atoms with Crippen molar-refractivity contribution >= 4 is 36.1 Å². The minimum absolute atomic E-state index is 0.0429. The van der Waals surface area contributed by atoms with Crippen LogP contribution in [0.1, 0.15) is 115 Å². The molecule has 0 unspecified atom stereocenters. The molecule has 6 rings (SSSR count). The van der Waals surface area contributed by atoms with Gasteiger partial charge in [0, 0.05) is 24.7 Å². The minimum atomic E-state index is -1.25. The number of amides is 2. The molecule has 0 aromatic heterocycles. The number of esters is 3. The Kier molecular flexibility index (Phi) is 16.5. The quantitative estimate of drug-likeness (QED) is 0.0759. The van der Waals surface area contributed by atoms with Crippen LogP contribution in [0.4, 0.5) is 9.59 Å². The average molecular weight is 893 g/mol. The van der Waals surface area contributed by atoms with Gasteiger partial charge in [0.1, 0.15) is 36.5 Å². The number of rotatable bonds is 15. The Bertz CT molecular complexity index is 2250. The third-order valence-corrected chi connectivity index (χ3v) is 10.3. The number of aliphatic carboxylic acids is 1. The standard InChI is InChI=1S/C27H33NO6.C24H27NO6/c1-17(2)33-25(30)23(14-15-24(29)34-27(3,4)5)28-26(31)32-16-22-20-12-8-6-10-18(20)19-11-7-9-13-21(19)22;1-24(2,3)31-21(26)13-12-20(22(27)28)25-23(29)30-14-19-17-10-6-4-8-15(17)16-9-5-7-11-18(16)19/h6-13,17,22-23H,14-16H2,1-5H3,(H,28,31);4-11,19-20H,12-14H2,1-3H3,(H,25,29)(H,27,28)/t23-;20-/m00/s1. The molecule has 14 nitrogen and oxygen atoms in total. The highest BCUT2D eigenvalue weighted by atomic mass is 16.6. The second-order valence-corrected chi connectivity index (χ2v) is 18.1. The van der Waals surface area contributed by atoms with Gasteiger partial charge in [-0.05, 0) is 113 Å². The molecule has 14 heteroatoms. The zero-order valence-electron chi connectivity index (χ0n) is 38.3. The van der Waals surface area contributed by atoms with E-state index in [4.69, 9.17) is 23.7 Å². The second-order valence-electron chi connectivity index (χ2n) is 18.1. The molecular formula is C51H60N2O12. The minimum Gasteiger partial charge on any atom is -0.480 e. The number of ether oxygens (including phenoxy) is 5. The average Bonchev–Trinajstić information content (AvgIpc) is 3.73. The number of alkyl carbamates (subject to hydrolysis) is 2. The summed E-state index contributed by atoms with van der Waals surface area (Å²) in [5, 5.41) is 14.3. The summed E-state index contributed by atoms with van der Waals surface area (Å²) in [7, 11) is 0. The highest BCUT2D eigenvalue weighted by Gasteiger charge is 2.32. The Morgan fingerprint density at radius 3 is 1.18 bits per heavy atom. The van der Waals surface area contributed by atoms with Crippen LogP contribution in [0.2, 0.25) is 0 Å². The first-order valence-corrected chi connectivity index (χ1v) is 21.8. The third-order valence-electron chi connectivity index (χ3n) is 10.3. The van der Waals surface area contributed by atoms with Crippen LogP contribution < -0.4 is 10.6 Å².